The van der Waals surface area contributed by atoms with Crippen LogP contribution in [0.1, 0.15) is 4.88 Å². The molecule has 0 radical (unpaired) electrons. The molecule has 0 bridgehead atoms. The van der Waals surface area contributed by atoms with Crippen molar-refractivity contribution in [3.63, 3.8) is 0 Å². The summed E-state index contributed by atoms with van der Waals surface area (Å²) in [7, 11) is 0. The number of hydrogen-bond acceptors (Lipinski definition) is 4. The maximum absolute atomic E-state index is 12.2. The molecule has 5 nitrogen and oxygen atoms in total. The Hall–Kier alpha value is -2.73. The van der Waals surface area contributed by atoms with Crippen LogP contribution in [0.5, 0.6) is 0 Å². The van der Waals surface area contributed by atoms with E-state index in [2.05, 4.69) is 10.4 Å². The second-order valence-corrected chi connectivity index (χ2v) is 5.24. The van der Waals surface area contributed by atoms with Crippen LogP contribution in [0.4, 0.5) is 0 Å². The van der Waals surface area contributed by atoms with Crippen LogP contribution in [0.15, 0.2) is 59.0 Å². The molecule has 0 atom stereocenters. The van der Waals surface area contributed by atoms with E-state index in [-0.39, 0.29) is 11.5 Å². The fourth-order valence-corrected chi connectivity index (χ4v) is 2.47. The van der Waals surface area contributed by atoms with Crippen LogP contribution in [0.25, 0.3) is 17.0 Å². The summed E-state index contributed by atoms with van der Waals surface area (Å²) >= 11 is 1.53. The Kier molecular flexibility index (Phi) is 3.61. The molecule has 2 aromatic heterocycles. The van der Waals surface area contributed by atoms with Crippen molar-refractivity contribution in [3.05, 3.63) is 69.4 Å². The van der Waals surface area contributed by atoms with Crippen LogP contribution in [-0.2, 0) is 4.79 Å². The topological polar surface area (TPSA) is 64.0 Å². The first-order chi connectivity index (χ1) is 10.2. The Morgan fingerprint density at radius 3 is 2.90 bits per heavy atom. The van der Waals surface area contributed by atoms with E-state index in [4.69, 9.17) is 0 Å². The first-order valence-corrected chi connectivity index (χ1v) is 7.11. The minimum absolute atomic E-state index is 0.307. The van der Waals surface area contributed by atoms with Gasteiger partial charge in [0.1, 0.15) is 6.33 Å². The third kappa shape index (κ3) is 2.90. The quantitative estimate of drug-likeness (QED) is 0.754. The highest BCUT2D eigenvalue weighted by atomic mass is 32.1. The van der Waals surface area contributed by atoms with Crippen molar-refractivity contribution in [2.24, 2.45) is 0 Å². The van der Waals surface area contributed by atoms with E-state index < -0.39 is 0 Å². The molecule has 0 spiro atoms. The van der Waals surface area contributed by atoms with E-state index in [0.29, 0.717) is 10.9 Å². The normalized spacial score (nSPS) is 11.0. The lowest BCUT2D eigenvalue weighted by Gasteiger charge is -2.06. The highest BCUT2D eigenvalue weighted by molar-refractivity contribution is 7.10. The van der Waals surface area contributed by atoms with Crippen molar-refractivity contribution in [2.75, 3.05) is 5.43 Å². The Bertz CT molecular complexity index is 866. The number of rotatable bonds is 3. The van der Waals surface area contributed by atoms with Crippen LogP contribution in [0.2, 0.25) is 0 Å². The first kappa shape index (κ1) is 13.3. The second kappa shape index (κ2) is 5.72. The minimum atomic E-state index is -0.386. The van der Waals surface area contributed by atoms with Gasteiger partial charge in [-0.05, 0) is 29.7 Å². The van der Waals surface area contributed by atoms with Gasteiger partial charge in [0.2, 0.25) is 0 Å². The van der Waals surface area contributed by atoms with E-state index in [1.54, 1.807) is 24.3 Å². The summed E-state index contributed by atoms with van der Waals surface area (Å²) in [4.78, 5) is 29.1. The van der Waals surface area contributed by atoms with Crippen LogP contribution in [0, 0.1) is 0 Å². The van der Waals surface area contributed by atoms with E-state index in [1.807, 2.05) is 23.6 Å². The number of carbonyl (C=O) groups is 1. The van der Waals surface area contributed by atoms with E-state index in [1.165, 1.54) is 23.7 Å². The van der Waals surface area contributed by atoms with Gasteiger partial charge in [-0.2, -0.15) is 0 Å². The van der Waals surface area contributed by atoms with E-state index >= 15 is 0 Å². The highest BCUT2D eigenvalue weighted by Gasteiger charge is 2.04. The van der Waals surface area contributed by atoms with Gasteiger partial charge in [0.25, 0.3) is 11.5 Å². The van der Waals surface area contributed by atoms with E-state index in [9.17, 15) is 9.59 Å². The van der Waals surface area contributed by atoms with Crippen LogP contribution in [0.3, 0.4) is 0 Å². The maximum Gasteiger partial charge on any atom is 0.280 e. The number of fused-ring (bicyclic) bond motifs is 1. The summed E-state index contributed by atoms with van der Waals surface area (Å²) in [5.74, 6) is -0.386. The molecule has 2 heterocycles. The van der Waals surface area contributed by atoms with Gasteiger partial charge < -0.3 is 0 Å². The van der Waals surface area contributed by atoms with Gasteiger partial charge in [0.15, 0.2) is 0 Å². The smallest absolute Gasteiger partial charge is 0.268 e. The molecule has 0 unspecified atom stereocenters. The highest BCUT2D eigenvalue weighted by Crippen LogP contribution is 2.09. The SMILES string of the molecule is O=C(/C=C/c1cccs1)Nn1cnc2ccccc2c1=O. The number of benzene rings is 1. The summed E-state index contributed by atoms with van der Waals surface area (Å²) in [6.45, 7) is 0. The van der Waals surface area contributed by atoms with Gasteiger partial charge >= 0.3 is 0 Å². The maximum atomic E-state index is 12.2. The Labute approximate surface area is 124 Å². The fraction of sp³-hybridized carbons (Fsp3) is 0. The third-order valence-corrected chi connectivity index (χ3v) is 3.68. The standard InChI is InChI=1S/C15H11N3O2S/c19-14(8-7-11-4-3-9-21-11)17-18-10-16-13-6-2-1-5-12(13)15(18)20/h1-10H,(H,17,19)/b8-7+. The fourth-order valence-electron chi connectivity index (χ4n) is 1.85. The molecule has 0 saturated carbocycles. The average Bonchev–Trinajstić information content (AvgIpc) is 3.02. The third-order valence-electron chi connectivity index (χ3n) is 2.84. The van der Waals surface area contributed by atoms with Crippen LogP contribution in [-0.4, -0.2) is 15.6 Å². The van der Waals surface area contributed by atoms with E-state index in [0.717, 1.165) is 9.55 Å². The van der Waals surface area contributed by atoms with Crippen LogP contribution < -0.4 is 11.0 Å². The van der Waals surface area contributed by atoms with Gasteiger partial charge in [-0.25, -0.2) is 9.66 Å². The molecule has 0 saturated heterocycles. The summed E-state index contributed by atoms with van der Waals surface area (Å²) < 4.78 is 1.09. The zero-order valence-electron chi connectivity index (χ0n) is 10.9. The van der Waals surface area contributed by atoms with Gasteiger partial charge in [-0.15, -0.1) is 11.3 Å². The summed E-state index contributed by atoms with van der Waals surface area (Å²) in [5.41, 5.74) is 2.78. The summed E-state index contributed by atoms with van der Waals surface area (Å²) in [6.07, 6.45) is 4.38. The first-order valence-electron chi connectivity index (χ1n) is 6.23. The molecule has 0 aliphatic carbocycles. The number of carbonyl (C=O) groups excluding carboxylic acids is 1. The molecule has 21 heavy (non-hydrogen) atoms. The lowest BCUT2D eigenvalue weighted by atomic mass is 10.2. The van der Waals surface area contributed by atoms with Gasteiger partial charge in [0.05, 0.1) is 10.9 Å². The van der Waals surface area contributed by atoms with Crippen molar-refractivity contribution < 1.29 is 4.79 Å². The molecule has 1 N–H and O–H groups in total. The predicted octanol–water partition coefficient (Wildman–Crippen LogP) is 2.24. The molecule has 3 rings (SSSR count). The predicted molar refractivity (Wildman–Crippen MR) is 83.7 cm³/mol. The van der Waals surface area contributed by atoms with Crippen molar-refractivity contribution in [2.45, 2.75) is 0 Å². The zero-order chi connectivity index (χ0) is 14.7. The molecule has 1 amide bonds. The molecule has 0 fully saturated rings. The number of nitrogens with one attached hydrogen (secondary N) is 1. The van der Waals surface area contributed by atoms with Crippen LogP contribution >= 0.6 is 11.3 Å². The number of para-hydroxylation sites is 1. The summed E-state index contributed by atoms with van der Waals surface area (Å²) in [5, 5.41) is 2.39. The van der Waals surface area contributed by atoms with Gasteiger partial charge in [-0.3, -0.25) is 15.0 Å². The van der Waals surface area contributed by atoms with Gasteiger partial charge in [0, 0.05) is 11.0 Å². The summed E-state index contributed by atoms with van der Waals surface area (Å²) in [6, 6.07) is 10.8. The van der Waals surface area contributed by atoms with Crippen molar-refractivity contribution >= 4 is 34.2 Å². The molecule has 1 aromatic carbocycles. The Morgan fingerprint density at radius 2 is 2.10 bits per heavy atom. The Balaban J connectivity index is 1.83. The monoisotopic (exact) mass is 297 g/mol. The lowest BCUT2D eigenvalue weighted by Crippen LogP contribution is -2.32. The number of aromatic nitrogens is 2. The number of hydrogen-bond donors (Lipinski definition) is 1. The van der Waals surface area contributed by atoms with Gasteiger partial charge in [-0.1, -0.05) is 18.2 Å². The zero-order valence-corrected chi connectivity index (χ0v) is 11.7. The Morgan fingerprint density at radius 1 is 1.24 bits per heavy atom. The molecular weight excluding hydrogens is 286 g/mol. The molecule has 0 aliphatic rings. The lowest BCUT2D eigenvalue weighted by molar-refractivity contribution is -0.112. The van der Waals surface area contributed by atoms with Crippen molar-refractivity contribution in [3.8, 4) is 0 Å². The number of thiophene rings is 1. The molecule has 104 valence electrons. The average molecular weight is 297 g/mol. The largest absolute Gasteiger partial charge is 0.280 e. The molecular formula is C15H11N3O2S. The minimum Gasteiger partial charge on any atom is -0.268 e. The molecule has 3 aromatic rings. The molecule has 0 aliphatic heterocycles. The number of nitrogens with zero attached hydrogens (tertiary/aromatic N) is 2. The van der Waals surface area contributed by atoms with Crippen molar-refractivity contribution in [1.29, 1.82) is 0 Å². The number of amides is 1. The second-order valence-electron chi connectivity index (χ2n) is 4.26. The van der Waals surface area contributed by atoms with Crippen molar-refractivity contribution in [1.82, 2.24) is 9.66 Å². The molecule has 6 heteroatoms.